The van der Waals surface area contributed by atoms with Crippen LogP contribution in [0, 0.1) is 11.3 Å². The standard InChI is InChI=1S/C15H20N4O/c16-10-12-1-2-14(17)15(9-12)19-4-3-13(11-19)18-5-7-20-8-6-18/h1-2,9,13H,3-8,11,17H2. The lowest BCUT2D eigenvalue weighted by Crippen LogP contribution is -2.44. The van der Waals surface area contributed by atoms with Gasteiger partial charge in [-0.1, -0.05) is 0 Å². The molecule has 0 bridgehead atoms. The van der Waals surface area contributed by atoms with E-state index in [2.05, 4.69) is 15.9 Å². The molecule has 1 unspecified atom stereocenters. The molecule has 2 fully saturated rings. The topological polar surface area (TPSA) is 65.5 Å². The maximum absolute atomic E-state index is 9.02. The van der Waals surface area contributed by atoms with E-state index in [0.717, 1.165) is 57.2 Å². The number of benzene rings is 1. The number of hydrogen-bond donors (Lipinski definition) is 1. The summed E-state index contributed by atoms with van der Waals surface area (Å²) >= 11 is 0. The van der Waals surface area contributed by atoms with Crippen molar-refractivity contribution in [2.45, 2.75) is 12.5 Å². The molecule has 2 saturated heterocycles. The van der Waals surface area contributed by atoms with Crippen molar-refractivity contribution in [2.24, 2.45) is 0 Å². The molecule has 1 atom stereocenters. The first-order valence-electron chi connectivity index (χ1n) is 7.14. The normalized spacial score (nSPS) is 23.8. The van der Waals surface area contributed by atoms with E-state index in [1.165, 1.54) is 0 Å². The van der Waals surface area contributed by atoms with Crippen LogP contribution in [-0.2, 0) is 4.74 Å². The average Bonchev–Trinajstić information content (AvgIpc) is 2.98. The van der Waals surface area contributed by atoms with Crippen LogP contribution in [0.15, 0.2) is 18.2 Å². The molecule has 2 heterocycles. The summed E-state index contributed by atoms with van der Waals surface area (Å²) in [6.07, 6.45) is 1.15. The number of anilines is 2. The number of ether oxygens (including phenoxy) is 1. The highest BCUT2D eigenvalue weighted by molar-refractivity contribution is 5.70. The van der Waals surface area contributed by atoms with Gasteiger partial charge in [0.1, 0.15) is 0 Å². The van der Waals surface area contributed by atoms with E-state index >= 15 is 0 Å². The second-order valence-corrected chi connectivity index (χ2v) is 5.42. The Kier molecular flexibility index (Phi) is 3.77. The molecule has 2 aliphatic heterocycles. The predicted octanol–water partition coefficient (Wildman–Crippen LogP) is 1.05. The molecule has 0 aromatic heterocycles. The highest BCUT2D eigenvalue weighted by Gasteiger charge is 2.29. The van der Waals surface area contributed by atoms with Gasteiger partial charge in [-0.05, 0) is 24.6 Å². The van der Waals surface area contributed by atoms with Crippen molar-refractivity contribution in [3.05, 3.63) is 23.8 Å². The van der Waals surface area contributed by atoms with E-state index in [0.29, 0.717) is 11.6 Å². The maximum atomic E-state index is 9.02. The van der Waals surface area contributed by atoms with Crippen molar-refractivity contribution in [3.63, 3.8) is 0 Å². The molecule has 0 saturated carbocycles. The second kappa shape index (κ2) is 5.70. The molecule has 106 valence electrons. The number of nitrogen functional groups attached to an aromatic ring is 1. The quantitative estimate of drug-likeness (QED) is 0.815. The van der Waals surface area contributed by atoms with Gasteiger partial charge in [0.05, 0.1) is 36.2 Å². The minimum atomic E-state index is 0.573. The molecule has 0 amide bonds. The van der Waals surface area contributed by atoms with Crippen LogP contribution in [0.1, 0.15) is 12.0 Å². The Morgan fingerprint density at radius 1 is 1.25 bits per heavy atom. The highest BCUT2D eigenvalue weighted by atomic mass is 16.5. The van der Waals surface area contributed by atoms with Gasteiger partial charge in [-0.15, -0.1) is 0 Å². The van der Waals surface area contributed by atoms with Crippen LogP contribution in [0.4, 0.5) is 11.4 Å². The number of nitrogens with zero attached hydrogens (tertiary/aromatic N) is 3. The van der Waals surface area contributed by atoms with E-state index in [1.54, 1.807) is 6.07 Å². The minimum absolute atomic E-state index is 0.573. The van der Waals surface area contributed by atoms with Crippen LogP contribution in [0.25, 0.3) is 0 Å². The highest BCUT2D eigenvalue weighted by Crippen LogP contribution is 2.29. The zero-order valence-electron chi connectivity index (χ0n) is 11.6. The molecule has 0 radical (unpaired) electrons. The van der Waals surface area contributed by atoms with Crippen molar-refractivity contribution in [2.75, 3.05) is 50.0 Å². The molecule has 1 aromatic carbocycles. The van der Waals surface area contributed by atoms with Gasteiger partial charge in [0, 0.05) is 32.2 Å². The number of rotatable bonds is 2. The van der Waals surface area contributed by atoms with Gasteiger partial charge in [0.2, 0.25) is 0 Å². The summed E-state index contributed by atoms with van der Waals surface area (Å²) in [7, 11) is 0. The first kappa shape index (κ1) is 13.2. The van der Waals surface area contributed by atoms with Crippen LogP contribution >= 0.6 is 0 Å². The molecule has 3 rings (SSSR count). The van der Waals surface area contributed by atoms with E-state index in [-0.39, 0.29) is 0 Å². The predicted molar refractivity (Wildman–Crippen MR) is 78.6 cm³/mol. The Morgan fingerprint density at radius 3 is 2.80 bits per heavy atom. The van der Waals surface area contributed by atoms with Crippen molar-refractivity contribution < 1.29 is 4.74 Å². The van der Waals surface area contributed by atoms with Gasteiger partial charge in [0.15, 0.2) is 0 Å². The Hall–Kier alpha value is -1.77. The van der Waals surface area contributed by atoms with Crippen molar-refractivity contribution >= 4 is 11.4 Å². The smallest absolute Gasteiger partial charge is 0.0992 e. The molecule has 1 aromatic rings. The van der Waals surface area contributed by atoms with Gasteiger partial charge in [0.25, 0.3) is 0 Å². The summed E-state index contributed by atoms with van der Waals surface area (Å²) < 4.78 is 5.41. The zero-order valence-corrected chi connectivity index (χ0v) is 11.6. The first-order chi connectivity index (χ1) is 9.78. The largest absolute Gasteiger partial charge is 0.397 e. The summed E-state index contributed by atoms with van der Waals surface area (Å²) in [6.45, 7) is 5.70. The first-order valence-corrected chi connectivity index (χ1v) is 7.14. The Bertz CT molecular complexity index is 519. The number of nitriles is 1. The Labute approximate surface area is 119 Å². The molecule has 5 nitrogen and oxygen atoms in total. The van der Waals surface area contributed by atoms with E-state index in [1.807, 2.05) is 12.1 Å². The minimum Gasteiger partial charge on any atom is -0.397 e. The third-order valence-corrected chi connectivity index (χ3v) is 4.23. The van der Waals surface area contributed by atoms with Crippen LogP contribution in [-0.4, -0.2) is 50.3 Å². The lowest BCUT2D eigenvalue weighted by Gasteiger charge is -2.32. The molecule has 20 heavy (non-hydrogen) atoms. The molecule has 2 N–H and O–H groups in total. The van der Waals surface area contributed by atoms with Crippen molar-refractivity contribution in [1.82, 2.24) is 4.90 Å². The van der Waals surface area contributed by atoms with Crippen LogP contribution in [0.3, 0.4) is 0 Å². The van der Waals surface area contributed by atoms with Crippen molar-refractivity contribution in [1.29, 1.82) is 5.26 Å². The molecular formula is C15H20N4O. The van der Waals surface area contributed by atoms with Gasteiger partial charge in [-0.3, -0.25) is 4.90 Å². The molecule has 0 aliphatic carbocycles. The number of hydrogen-bond acceptors (Lipinski definition) is 5. The Morgan fingerprint density at radius 2 is 2.05 bits per heavy atom. The van der Waals surface area contributed by atoms with E-state index < -0.39 is 0 Å². The second-order valence-electron chi connectivity index (χ2n) is 5.42. The summed E-state index contributed by atoms with van der Waals surface area (Å²) in [5, 5.41) is 9.02. The SMILES string of the molecule is N#Cc1ccc(N)c(N2CCC(N3CCOCC3)C2)c1. The summed E-state index contributed by atoms with van der Waals surface area (Å²) in [5.74, 6) is 0. The van der Waals surface area contributed by atoms with E-state index in [4.69, 9.17) is 15.7 Å². The monoisotopic (exact) mass is 272 g/mol. The summed E-state index contributed by atoms with van der Waals surface area (Å²) in [5.41, 5.74) is 8.49. The third kappa shape index (κ3) is 2.58. The fraction of sp³-hybridized carbons (Fsp3) is 0.533. The zero-order chi connectivity index (χ0) is 13.9. The Balaban J connectivity index is 1.72. The average molecular weight is 272 g/mol. The lowest BCUT2D eigenvalue weighted by molar-refractivity contribution is 0.0209. The molecule has 2 aliphatic rings. The number of nitrogens with two attached hydrogens (primary N) is 1. The fourth-order valence-corrected chi connectivity index (χ4v) is 3.09. The van der Waals surface area contributed by atoms with E-state index in [9.17, 15) is 0 Å². The molecule has 0 spiro atoms. The summed E-state index contributed by atoms with van der Waals surface area (Å²) in [4.78, 5) is 4.81. The van der Waals surface area contributed by atoms with Gasteiger partial charge < -0.3 is 15.4 Å². The van der Waals surface area contributed by atoms with Crippen LogP contribution < -0.4 is 10.6 Å². The lowest BCUT2D eigenvalue weighted by atomic mass is 10.1. The maximum Gasteiger partial charge on any atom is 0.0992 e. The fourth-order valence-electron chi connectivity index (χ4n) is 3.09. The van der Waals surface area contributed by atoms with Crippen LogP contribution in [0.2, 0.25) is 0 Å². The van der Waals surface area contributed by atoms with Gasteiger partial charge in [-0.25, -0.2) is 0 Å². The molecule has 5 heteroatoms. The van der Waals surface area contributed by atoms with Crippen molar-refractivity contribution in [3.8, 4) is 6.07 Å². The number of morpholine rings is 1. The third-order valence-electron chi connectivity index (χ3n) is 4.23. The van der Waals surface area contributed by atoms with Crippen LogP contribution in [0.5, 0.6) is 0 Å². The molecular weight excluding hydrogens is 252 g/mol. The van der Waals surface area contributed by atoms with Gasteiger partial charge in [-0.2, -0.15) is 5.26 Å². The van der Waals surface area contributed by atoms with Gasteiger partial charge >= 0.3 is 0 Å². The summed E-state index contributed by atoms with van der Waals surface area (Å²) in [6, 6.07) is 8.26.